The highest BCUT2D eigenvalue weighted by Crippen LogP contribution is 2.02. The third kappa shape index (κ3) is 3.31. The Morgan fingerprint density at radius 3 is 3.14 bits per heavy atom. The van der Waals surface area contributed by atoms with E-state index in [1.165, 1.54) is 0 Å². The normalized spacial score (nSPS) is 9.64. The van der Waals surface area contributed by atoms with E-state index < -0.39 is 5.97 Å². The van der Waals surface area contributed by atoms with Crippen molar-refractivity contribution in [2.75, 3.05) is 0 Å². The molecule has 0 saturated carbocycles. The largest absolute Gasteiger partial charge is 0.481 e. The van der Waals surface area contributed by atoms with Crippen LogP contribution in [0.4, 0.5) is 0 Å². The number of carbonyl (C=O) groups is 1. The van der Waals surface area contributed by atoms with Gasteiger partial charge in [-0.25, -0.2) is 0 Å². The third-order valence-corrected chi connectivity index (χ3v) is 1.80. The van der Waals surface area contributed by atoms with E-state index in [1.807, 2.05) is 6.20 Å². The lowest BCUT2D eigenvalue weighted by Crippen LogP contribution is -1.98. The van der Waals surface area contributed by atoms with Gasteiger partial charge in [-0.3, -0.25) is 9.48 Å². The first kappa shape index (κ1) is 10.3. The Bertz CT molecular complexity index is 349. The highest BCUT2D eigenvalue weighted by atomic mass is 16.4. The molecule has 0 atom stereocenters. The van der Waals surface area contributed by atoms with Gasteiger partial charge < -0.3 is 5.11 Å². The van der Waals surface area contributed by atoms with Crippen LogP contribution in [0.15, 0.2) is 12.4 Å². The van der Waals surface area contributed by atoms with Crippen molar-refractivity contribution in [2.45, 2.75) is 25.8 Å². The molecule has 0 aromatic carbocycles. The summed E-state index contributed by atoms with van der Waals surface area (Å²) in [7, 11) is 0. The Morgan fingerprint density at radius 1 is 1.71 bits per heavy atom. The second-order valence-corrected chi connectivity index (χ2v) is 2.96. The molecule has 1 N–H and O–H groups in total. The second kappa shape index (κ2) is 5.07. The van der Waals surface area contributed by atoms with Crippen LogP contribution in [0, 0.1) is 12.3 Å². The maximum atomic E-state index is 10.3. The van der Waals surface area contributed by atoms with E-state index in [9.17, 15) is 4.79 Å². The fraction of sp³-hybridized carbons (Fsp3) is 0.400. The number of nitrogens with zero attached hydrogens (tertiary/aromatic N) is 2. The Morgan fingerprint density at radius 2 is 2.50 bits per heavy atom. The SMILES string of the molecule is C#CCCn1cc(CCC(=O)O)cn1. The van der Waals surface area contributed by atoms with Crippen LogP contribution in [0.2, 0.25) is 0 Å². The van der Waals surface area contributed by atoms with E-state index in [2.05, 4.69) is 11.0 Å². The van der Waals surface area contributed by atoms with Gasteiger partial charge >= 0.3 is 5.97 Å². The second-order valence-electron chi connectivity index (χ2n) is 2.96. The van der Waals surface area contributed by atoms with Gasteiger partial charge in [0.25, 0.3) is 0 Å². The van der Waals surface area contributed by atoms with Gasteiger partial charge in [0.1, 0.15) is 0 Å². The number of rotatable bonds is 5. The average molecular weight is 192 g/mol. The van der Waals surface area contributed by atoms with Crippen molar-refractivity contribution >= 4 is 5.97 Å². The number of carboxylic acid groups (broad SMARTS) is 1. The molecule has 0 aliphatic carbocycles. The van der Waals surface area contributed by atoms with Crippen LogP contribution < -0.4 is 0 Å². The van der Waals surface area contributed by atoms with E-state index in [4.69, 9.17) is 11.5 Å². The molecule has 0 radical (unpaired) electrons. The van der Waals surface area contributed by atoms with Crippen molar-refractivity contribution in [1.29, 1.82) is 0 Å². The van der Waals surface area contributed by atoms with Gasteiger partial charge in [-0.2, -0.15) is 5.10 Å². The van der Waals surface area contributed by atoms with Crippen molar-refractivity contribution in [1.82, 2.24) is 9.78 Å². The zero-order valence-electron chi connectivity index (χ0n) is 7.81. The van der Waals surface area contributed by atoms with Gasteiger partial charge in [0.05, 0.1) is 12.7 Å². The zero-order valence-corrected chi connectivity index (χ0v) is 7.81. The molecule has 4 heteroatoms. The van der Waals surface area contributed by atoms with Crippen molar-refractivity contribution in [2.24, 2.45) is 0 Å². The number of aryl methyl sites for hydroxylation is 2. The number of carboxylic acids is 1. The summed E-state index contributed by atoms with van der Waals surface area (Å²) in [5.41, 5.74) is 0.935. The quantitative estimate of drug-likeness (QED) is 0.706. The molecule has 0 bridgehead atoms. The highest BCUT2D eigenvalue weighted by molar-refractivity contribution is 5.67. The summed E-state index contributed by atoms with van der Waals surface area (Å²) in [6.07, 6.45) is 9.92. The lowest BCUT2D eigenvalue weighted by molar-refractivity contribution is -0.136. The van der Waals surface area contributed by atoms with Gasteiger partial charge in [0.2, 0.25) is 0 Å². The van der Waals surface area contributed by atoms with E-state index in [0.29, 0.717) is 19.4 Å². The molecule has 74 valence electrons. The Kier molecular flexibility index (Phi) is 3.74. The van der Waals surface area contributed by atoms with Crippen molar-refractivity contribution in [3.63, 3.8) is 0 Å². The first-order valence-corrected chi connectivity index (χ1v) is 4.39. The third-order valence-electron chi connectivity index (χ3n) is 1.80. The topological polar surface area (TPSA) is 55.1 Å². The van der Waals surface area contributed by atoms with Crippen LogP contribution in [0.1, 0.15) is 18.4 Å². The minimum Gasteiger partial charge on any atom is -0.481 e. The molecule has 0 unspecified atom stereocenters. The smallest absolute Gasteiger partial charge is 0.303 e. The van der Waals surface area contributed by atoms with Crippen LogP contribution in [-0.2, 0) is 17.8 Å². The molecule has 0 aliphatic heterocycles. The van der Waals surface area contributed by atoms with Gasteiger partial charge in [-0.15, -0.1) is 12.3 Å². The molecule has 4 nitrogen and oxygen atoms in total. The van der Waals surface area contributed by atoms with E-state index in [0.717, 1.165) is 5.56 Å². The number of hydrogen-bond donors (Lipinski definition) is 1. The average Bonchev–Trinajstić information content (AvgIpc) is 2.59. The highest BCUT2D eigenvalue weighted by Gasteiger charge is 2.01. The number of hydrogen-bond acceptors (Lipinski definition) is 2. The maximum absolute atomic E-state index is 10.3. The minimum atomic E-state index is -0.790. The van der Waals surface area contributed by atoms with Crippen LogP contribution >= 0.6 is 0 Å². The summed E-state index contributed by atoms with van der Waals surface area (Å²) in [6.45, 7) is 0.684. The van der Waals surface area contributed by atoms with Crippen molar-refractivity contribution in [3.8, 4) is 12.3 Å². The van der Waals surface area contributed by atoms with Gasteiger partial charge in [-0.05, 0) is 12.0 Å². The Labute approximate surface area is 82.5 Å². The number of aromatic nitrogens is 2. The number of terminal acetylenes is 1. The molecular weight excluding hydrogens is 180 g/mol. The first-order chi connectivity index (χ1) is 6.72. The van der Waals surface area contributed by atoms with E-state index in [-0.39, 0.29) is 6.42 Å². The van der Waals surface area contributed by atoms with Crippen LogP contribution in [0.3, 0.4) is 0 Å². The molecule has 1 heterocycles. The van der Waals surface area contributed by atoms with Crippen LogP contribution in [-0.4, -0.2) is 20.9 Å². The minimum absolute atomic E-state index is 0.140. The van der Waals surface area contributed by atoms with E-state index in [1.54, 1.807) is 10.9 Å². The molecule has 1 aromatic heterocycles. The predicted molar refractivity (Wildman–Crippen MR) is 51.6 cm³/mol. The molecule has 0 aliphatic rings. The number of aliphatic carboxylic acids is 1. The molecule has 1 aromatic rings. The van der Waals surface area contributed by atoms with Crippen LogP contribution in [0.5, 0.6) is 0 Å². The summed E-state index contributed by atoms with van der Waals surface area (Å²) in [6, 6.07) is 0. The Hall–Kier alpha value is -1.76. The molecule has 0 fully saturated rings. The van der Waals surface area contributed by atoms with Gasteiger partial charge in [0.15, 0.2) is 0 Å². The summed E-state index contributed by atoms with van der Waals surface area (Å²) < 4.78 is 1.73. The Balaban J connectivity index is 2.43. The fourth-order valence-corrected chi connectivity index (χ4v) is 1.09. The molecule has 0 spiro atoms. The van der Waals surface area contributed by atoms with Gasteiger partial charge in [-0.1, -0.05) is 0 Å². The molecular formula is C10H12N2O2. The standard InChI is InChI=1S/C10H12N2O2/c1-2-3-6-12-8-9(7-11-12)4-5-10(13)14/h1,7-8H,3-6H2,(H,13,14). The van der Waals surface area contributed by atoms with Crippen LogP contribution in [0.25, 0.3) is 0 Å². The van der Waals surface area contributed by atoms with Crippen molar-refractivity contribution in [3.05, 3.63) is 18.0 Å². The zero-order chi connectivity index (χ0) is 10.4. The molecule has 0 amide bonds. The molecule has 14 heavy (non-hydrogen) atoms. The summed E-state index contributed by atoms with van der Waals surface area (Å²) in [5, 5.41) is 12.5. The fourth-order valence-electron chi connectivity index (χ4n) is 1.09. The molecule has 0 saturated heterocycles. The first-order valence-electron chi connectivity index (χ1n) is 4.39. The lowest BCUT2D eigenvalue weighted by atomic mass is 10.2. The van der Waals surface area contributed by atoms with E-state index >= 15 is 0 Å². The summed E-state index contributed by atoms with van der Waals surface area (Å²) in [4.78, 5) is 10.3. The molecule has 1 rings (SSSR count). The summed E-state index contributed by atoms with van der Waals surface area (Å²) in [5.74, 6) is 1.73. The lowest BCUT2D eigenvalue weighted by Gasteiger charge is -1.94. The maximum Gasteiger partial charge on any atom is 0.303 e. The summed E-state index contributed by atoms with van der Waals surface area (Å²) >= 11 is 0. The van der Waals surface area contributed by atoms with Gasteiger partial charge in [0, 0.05) is 19.0 Å². The monoisotopic (exact) mass is 192 g/mol. The predicted octanol–water partition coefficient (Wildman–Crippen LogP) is 0.924. The van der Waals surface area contributed by atoms with Crippen molar-refractivity contribution < 1.29 is 9.90 Å².